The molecule has 2 aliphatic carbocycles. The first-order chi connectivity index (χ1) is 14.6. The van der Waals surface area contributed by atoms with Crippen molar-refractivity contribution >= 4 is 11.6 Å². The fourth-order valence-electron chi connectivity index (χ4n) is 5.24. The Morgan fingerprint density at radius 1 is 0.867 bits per heavy atom. The number of fused-ring (bicyclic) bond motifs is 1. The molecule has 0 amide bonds. The molecule has 1 saturated carbocycles. The van der Waals surface area contributed by atoms with E-state index in [4.69, 9.17) is 0 Å². The van der Waals surface area contributed by atoms with Gasteiger partial charge in [0.25, 0.3) is 0 Å². The van der Waals surface area contributed by atoms with Gasteiger partial charge in [0.1, 0.15) is 5.82 Å². The summed E-state index contributed by atoms with van der Waals surface area (Å²) in [6, 6.07) is 8.39. The minimum Gasteiger partial charge on any atom is -0.206 e. The molecule has 0 N–H and O–H groups in total. The first-order valence-corrected chi connectivity index (χ1v) is 11.5. The molecule has 0 aromatic heterocycles. The van der Waals surface area contributed by atoms with Crippen LogP contribution in [0.4, 0.5) is 13.2 Å². The molecule has 0 bridgehead atoms. The summed E-state index contributed by atoms with van der Waals surface area (Å²) in [7, 11) is 0. The Bertz CT molecular complexity index is 920. The van der Waals surface area contributed by atoms with E-state index < -0.39 is 11.6 Å². The summed E-state index contributed by atoms with van der Waals surface area (Å²) in [5.74, 6) is -0.497. The van der Waals surface area contributed by atoms with Crippen molar-refractivity contribution in [1.29, 1.82) is 0 Å². The lowest BCUT2D eigenvalue weighted by Gasteiger charge is -2.29. The van der Waals surface area contributed by atoms with Gasteiger partial charge < -0.3 is 0 Å². The molecule has 0 heterocycles. The van der Waals surface area contributed by atoms with Crippen LogP contribution in [0.15, 0.2) is 30.3 Å². The number of rotatable bonds is 6. The fourth-order valence-corrected chi connectivity index (χ4v) is 5.24. The van der Waals surface area contributed by atoms with Crippen molar-refractivity contribution in [3.05, 3.63) is 70.0 Å². The predicted molar refractivity (Wildman–Crippen MR) is 118 cm³/mol. The highest BCUT2D eigenvalue weighted by molar-refractivity contribution is 5.84. The number of allylic oxidation sites excluding steroid dienone is 1. The third-order valence-electron chi connectivity index (χ3n) is 7.08. The third-order valence-corrected chi connectivity index (χ3v) is 7.08. The monoisotopic (exact) mass is 412 g/mol. The van der Waals surface area contributed by atoms with E-state index in [0.717, 1.165) is 36.0 Å². The Morgan fingerprint density at radius 3 is 2.40 bits per heavy atom. The zero-order valence-electron chi connectivity index (χ0n) is 17.8. The Balaban J connectivity index is 1.45. The molecular weight excluding hydrogens is 381 g/mol. The molecule has 0 saturated heterocycles. The first-order valence-electron chi connectivity index (χ1n) is 11.5. The fraction of sp³-hybridized carbons (Fsp3) is 0.481. The van der Waals surface area contributed by atoms with E-state index in [1.165, 1.54) is 38.5 Å². The summed E-state index contributed by atoms with van der Waals surface area (Å²) < 4.78 is 42.5. The molecule has 160 valence electrons. The summed E-state index contributed by atoms with van der Waals surface area (Å²) in [4.78, 5) is 0. The van der Waals surface area contributed by atoms with Gasteiger partial charge in [-0.1, -0.05) is 56.9 Å². The largest absolute Gasteiger partial charge is 0.206 e. The Labute approximate surface area is 178 Å². The van der Waals surface area contributed by atoms with Crippen LogP contribution >= 0.6 is 0 Å². The summed E-state index contributed by atoms with van der Waals surface area (Å²) in [6.45, 7) is 2.25. The summed E-state index contributed by atoms with van der Waals surface area (Å²) >= 11 is 0. The quantitative estimate of drug-likeness (QED) is 0.418. The van der Waals surface area contributed by atoms with Crippen molar-refractivity contribution in [3.8, 4) is 0 Å². The molecule has 0 nitrogen and oxygen atoms in total. The maximum atomic E-state index is 15.0. The van der Waals surface area contributed by atoms with E-state index >= 15 is 4.39 Å². The minimum absolute atomic E-state index is 0.199. The zero-order chi connectivity index (χ0) is 21.1. The van der Waals surface area contributed by atoms with E-state index in [2.05, 4.69) is 13.0 Å². The van der Waals surface area contributed by atoms with Crippen LogP contribution in [0.3, 0.4) is 0 Å². The number of hydrogen-bond donors (Lipinski definition) is 0. The predicted octanol–water partition coefficient (Wildman–Crippen LogP) is 8.44. The minimum atomic E-state index is -0.818. The lowest BCUT2D eigenvalue weighted by molar-refractivity contribution is 0.302. The SMILES string of the molecule is CCCCCC1CCC(c2ccc(C3=Cc4ccc(F)c(F)c4CC3)c(F)c2)CC1. The molecule has 0 unspecified atom stereocenters. The normalized spacial score (nSPS) is 21.3. The molecule has 1 fully saturated rings. The second-order valence-electron chi connectivity index (χ2n) is 9.05. The smallest absolute Gasteiger partial charge is 0.162 e. The highest BCUT2D eigenvalue weighted by atomic mass is 19.2. The van der Waals surface area contributed by atoms with Crippen molar-refractivity contribution in [2.75, 3.05) is 0 Å². The number of unbranched alkanes of at least 4 members (excludes halogenated alkanes) is 2. The van der Waals surface area contributed by atoms with Crippen LogP contribution < -0.4 is 0 Å². The molecular formula is C27H31F3. The molecule has 3 heteroatoms. The van der Waals surface area contributed by atoms with Crippen LogP contribution in [0.25, 0.3) is 11.6 Å². The molecule has 0 atom stereocenters. The molecule has 0 aliphatic heterocycles. The number of hydrogen-bond acceptors (Lipinski definition) is 0. The van der Waals surface area contributed by atoms with Crippen molar-refractivity contribution in [3.63, 3.8) is 0 Å². The standard InChI is InChI=1S/C27H31F3/c1-2-3-4-5-18-6-8-19(9-7-18)20-10-13-23(26(29)17-20)21-11-14-24-22(16-21)12-15-25(28)27(24)30/h10,12-13,15-19H,2-9,11,14H2,1H3. The van der Waals surface area contributed by atoms with Crippen LogP contribution in [-0.4, -0.2) is 0 Å². The molecule has 0 radical (unpaired) electrons. The van der Waals surface area contributed by atoms with Crippen LogP contribution in [0, 0.1) is 23.4 Å². The van der Waals surface area contributed by atoms with Crippen molar-refractivity contribution in [2.45, 2.75) is 77.0 Å². The lowest BCUT2D eigenvalue weighted by Crippen LogP contribution is -2.13. The first kappa shape index (κ1) is 21.2. The van der Waals surface area contributed by atoms with Crippen LogP contribution in [0.5, 0.6) is 0 Å². The second-order valence-corrected chi connectivity index (χ2v) is 9.05. The maximum Gasteiger partial charge on any atom is 0.162 e. The van der Waals surface area contributed by atoms with Gasteiger partial charge in [0, 0.05) is 5.56 Å². The van der Waals surface area contributed by atoms with E-state index in [0.29, 0.717) is 35.4 Å². The van der Waals surface area contributed by atoms with Gasteiger partial charge in [-0.05, 0) is 84.8 Å². The summed E-state index contributed by atoms with van der Waals surface area (Å²) in [6.07, 6.45) is 12.8. The average Bonchev–Trinajstić information content (AvgIpc) is 2.77. The summed E-state index contributed by atoms with van der Waals surface area (Å²) in [5.41, 5.74) is 3.60. The molecule has 2 aromatic rings. The number of benzene rings is 2. The zero-order valence-corrected chi connectivity index (χ0v) is 17.8. The molecule has 0 spiro atoms. The molecule has 2 aliphatic rings. The summed E-state index contributed by atoms with van der Waals surface area (Å²) in [5, 5.41) is 0. The second kappa shape index (κ2) is 9.41. The van der Waals surface area contributed by atoms with Gasteiger partial charge >= 0.3 is 0 Å². The van der Waals surface area contributed by atoms with Gasteiger partial charge in [-0.2, -0.15) is 0 Å². The Hall–Kier alpha value is -2.03. The van der Waals surface area contributed by atoms with Crippen LogP contribution in [0.1, 0.15) is 92.9 Å². The van der Waals surface area contributed by atoms with Gasteiger partial charge in [0.15, 0.2) is 11.6 Å². The van der Waals surface area contributed by atoms with Crippen LogP contribution in [-0.2, 0) is 6.42 Å². The molecule has 2 aromatic carbocycles. The Kier molecular flexibility index (Phi) is 6.65. The van der Waals surface area contributed by atoms with Crippen molar-refractivity contribution in [1.82, 2.24) is 0 Å². The topological polar surface area (TPSA) is 0 Å². The van der Waals surface area contributed by atoms with E-state index in [9.17, 15) is 8.78 Å². The van der Waals surface area contributed by atoms with Gasteiger partial charge in [0.2, 0.25) is 0 Å². The maximum absolute atomic E-state index is 15.0. The highest BCUT2D eigenvalue weighted by Crippen LogP contribution is 2.39. The lowest BCUT2D eigenvalue weighted by atomic mass is 9.76. The molecule has 30 heavy (non-hydrogen) atoms. The number of halogens is 3. The van der Waals surface area contributed by atoms with E-state index in [1.807, 2.05) is 6.07 Å². The van der Waals surface area contributed by atoms with E-state index in [1.54, 1.807) is 18.2 Å². The van der Waals surface area contributed by atoms with Crippen molar-refractivity contribution < 1.29 is 13.2 Å². The van der Waals surface area contributed by atoms with Crippen molar-refractivity contribution in [2.24, 2.45) is 5.92 Å². The van der Waals surface area contributed by atoms with Gasteiger partial charge in [0.05, 0.1) is 0 Å². The highest BCUT2D eigenvalue weighted by Gasteiger charge is 2.24. The van der Waals surface area contributed by atoms with Gasteiger partial charge in [-0.3, -0.25) is 0 Å². The molecule has 4 rings (SSSR count). The van der Waals surface area contributed by atoms with E-state index in [-0.39, 0.29) is 5.82 Å². The average molecular weight is 413 g/mol. The van der Waals surface area contributed by atoms with Gasteiger partial charge in [-0.15, -0.1) is 0 Å². The Morgan fingerprint density at radius 2 is 1.67 bits per heavy atom. The third kappa shape index (κ3) is 4.50. The van der Waals surface area contributed by atoms with Crippen LogP contribution in [0.2, 0.25) is 0 Å². The van der Waals surface area contributed by atoms with Gasteiger partial charge in [-0.25, -0.2) is 13.2 Å².